The van der Waals surface area contributed by atoms with E-state index >= 15 is 0 Å². The van der Waals surface area contributed by atoms with Gasteiger partial charge in [0.15, 0.2) is 5.96 Å². The summed E-state index contributed by atoms with van der Waals surface area (Å²) in [6, 6.07) is 11.2. The number of rotatable bonds is 7. The molecule has 1 fully saturated rings. The van der Waals surface area contributed by atoms with Crippen molar-refractivity contribution in [1.82, 2.24) is 15.5 Å². The summed E-state index contributed by atoms with van der Waals surface area (Å²) in [5.74, 6) is 2.14. The van der Waals surface area contributed by atoms with Crippen LogP contribution in [0.3, 0.4) is 0 Å². The van der Waals surface area contributed by atoms with Crippen molar-refractivity contribution in [2.45, 2.75) is 31.8 Å². The van der Waals surface area contributed by atoms with Gasteiger partial charge in [-0.15, -0.1) is 24.0 Å². The molecule has 1 aliphatic rings. The van der Waals surface area contributed by atoms with E-state index < -0.39 is 0 Å². The number of halogens is 1. The molecule has 6 heteroatoms. The Kier molecular flexibility index (Phi) is 11.5. The zero-order valence-corrected chi connectivity index (χ0v) is 18.0. The summed E-state index contributed by atoms with van der Waals surface area (Å²) in [4.78, 5) is 6.90. The Bertz CT molecular complexity index is 469. The van der Waals surface area contributed by atoms with Crippen LogP contribution in [0.2, 0.25) is 0 Å². The Balaban J connectivity index is 0.00000288. The minimum absolute atomic E-state index is 0. The number of aliphatic imine (C=N–C) groups is 1. The van der Waals surface area contributed by atoms with E-state index in [1.54, 1.807) is 0 Å². The summed E-state index contributed by atoms with van der Waals surface area (Å²) in [6.45, 7) is 4.30. The highest BCUT2D eigenvalue weighted by Gasteiger charge is 2.20. The maximum Gasteiger partial charge on any atom is 0.191 e. The average Bonchev–Trinajstić information content (AvgIpc) is 2.59. The number of benzene rings is 1. The van der Waals surface area contributed by atoms with E-state index in [0.29, 0.717) is 6.04 Å². The van der Waals surface area contributed by atoms with Gasteiger partial charge in [-0.25, -0.2) is 0 Å². The minimum atomic E-state index is 0. The molecule has 24 heavy (non-hydrogen) atoms. The lowest BCUT2D eigenvalue weighted by atomic mass is 10.0. The molecule has 0 bridgehead atoms. The highest BCUT2D eigenvalue weighted by molar-refractivity contribution is 14.0. The second kappa shape index (κ2) is 12.8. The summed E-state index contributed by atoms with van der Waals surface area (Å²) in [6.07, 6.45) is 5.79. The van der Waals surface area contributed by atoms with Crippen molar-refractivity contribution in [1.29, 1.82) is 0 Å². The van der Waals surface area contributed by atoms with Crippen LogP contribution >= 0.6 is 35.7 Å². The zero-order chi connectivity index (χ0) is 16.3. The normalized spacial score (nSPS) is 18.8. The van der Waals surface area contributed by atoms with E-state index in [-0.39, 0.29) is 24.0 Å². The Morgan fingerprint density at radius 3 is 2.83 bits per heavy atom. The average molecular weight is 462 g/mol. The highest BCUT2D eigenvalue weighted by atomic mass is 127. The Morgan fingerprint density at radius 2 is 2.12 bits per heavy atom. The fourth-order valence-corrected chi connectivity index (χ4v) is 3.40. The number of hydrogen-bond donors (Lipinski definition) is 2. The Morgan fingerprint density at radius 1 is 1.33 bits per heavy atom. The van der Waals surface area contributed by atoms with Crippen molar-refractivity contribution in [2.75, 3.05) is 38.7 Å². The van der Waals surface area contributed by atoms with Crippen LogP contribution in [0.25, 0.3) is 0 Å². The number of nitrogens with one attached hydrogen (secondary N) is 2. The molecule has 1 aromatic rings. The zero-order valence-electron chi connectivity index (χ0n) is 14.8. The van der Waals surface area contributed by atoms with Crippen molar-refractivity contribution >= 4 is 41.7 Å². The lowest BCUT2D eigenvalue weighted by Gasteiger charge is -2.34. The summed E-state index contributed by atoms with van der Waals surface area (Å²) in [7, 11) is 1.86. The maximum atomic E-state index is 4.36. The monoisotopic (exact) mass is 462 g/mol. The van der Waals surface area contributed by atoms with Gasteiger partial charge < -0.3 is 10.6 Å². The third-order valence-corrected chi connectivity index (χ3v) is 4.83. The molecule has 1 atom stereocenters. The van der Waals surface area contributed by atoms with Crippen LogP contribution in [0.1, 0.15) is 24.8 Å². The lowest BCUT2D eigenvalue weighted by Crippen LogP contribution is -2.51. The van der Waals surface area contributed by atoms with Crippen LogP contribution in [0, 0.1) is 0 Å². The molecule has 0 radical (unpaired) electrons. The third kappa shape index (κ3) is 8.07. The van der Waals surface area contributed by atoms with E-state index in [2.05, 4.69) is 57.1 Å². The molecule has 0 aromatic heterocycles. The number of guanidine groups is 1. The van der Waals surface area contributed by atoms with Crippen molar-refractivity contribution < 1.29 is 0 Å². The van der Waals surface area contributed by atoms with Gasteiger partial charge >= 0.3 is 0 Å². The number of hydrogen-bond acceptors (Lipinski definition) is 3. The van der Waals surface area contributed by atoms with Gasteiger partial charge in [0.05, 0.1) is 0 Å². The van der Waals surface area contributed by atoms with Crippen molar-refractivity contribution in [2.24, 2.45) is 4.99 Å². The van der Waals surface area contributed by atoms with Gasteiger partial charge in [-0.3, -0.25) is 9.89 Å². The molecule has 1 aromatic carbocycles. The molecule has 0 aliphatic carbocycles. The van der Waals surface area contributed by atoms with Crippen LogP contribution in [-0.4, -0.2) is 55.6 Å². The molecule has 136 valence electrons. The van der Waals surface area contributed by atoms with Crippen LogP contribution in [0.15, 0.2) is 35.3 Å². The number of piperidine rings is 1. The van der Waals surface area contributed by atoms with Crippen molar-refractivity contribution in [3.05, 3.63) is 35.9 Å². The van der Waals surface area contributed by atoms with Gasteiger partial charge in [0.25, 0.3) is 0 Å². The molecule has 4 nitrogen and oxygen atoms in total. The van der Waals surface area contributed by atoms with Gasteiger partial charge in [0.2, 0.25) is 0 Å². The molecule has 1 saturated heterocycles. The van der Waals surface area contributed by atoms with E-state index in [1.165, 1.54) is 37.1 Å². The highest BCUT2D eigenvalue weighted by Crippen LogP contribution is 2.13. The topological polar surface area (TPSA) is 39.7 Å². The van der Waals surface area contributed by atoms with Gasteiger partial charge in [-0.1, -0.05) is 30.3 Å². The first-order chi connectivity index (χ1) is 11.3. The van der Waals surface area contributed by atoms with E-state index in [1.807, 2.05) is 18.8 Å². The van der Waals surface area contributed by atoms with Gasteiger partial charge in [-0.2, -0.15) is 11.8 Å². The largest absolute Gasteiger partial charge is 0.356 e. The smallest absolute Gasteiger partial charge is 0.191 e. The van der Waals surface area contributed by atoms with E-state index in [4.69, 9.17) is 0 Å². The molecule has 1 unspecified atom stereocenters. The summed E-state index contributed by atoms with van der Waals surface area (Å²) < 4.78 is 0. The first kappa shape index (κ1) is 21.6. The maximum absolute atomic E-state index is 4.36. The summed E-state index contributed by atoms with van der Waals surface area (Å²) >= 11 is 1.89. The predicted octanol–water partition coefficient (Wildman–Crippen LogP) is 3.19. The first-order valence-electron chi connectivity index (χ1n) is 8.54. The second-order valence-electron chi connectivity index (χ2n) is 6.05. The molecule has 1 aliphatic heterocycles. The van der Waals surface area contributed by atoms with Gasteiger partial charge in [0.1, 0.15) is 0 Å². The number of thioether (sulfide) groups is 1. The Hall–Kier alpha value is -0.470. The molecule has 2 N–H and O–H groups in total. The van der Waals surface area contributed by atoms with Crippen molar-refractivity contribution in [3.63, 3.8) is 0 Å². The lowest BCUT2D eigenvalue weighted by molar-refractivity contribution is 0.192. The molecule has 0 amide bonds. The molecular weight excluding hydrogens is 431 g/mol. The van der Waals surface area contributed by atoms with Gasteiger partial charge in [0, 0.05) is 32.7 Å². The summed E-state index contributed by atoms with van der Waals surface area (Å²) in [5, 5.41) is 7.01. The molecular formula is C18H31IN4S. The van der Waals surface area contributed by atoms with E-state index in [9.17, 15) is 0 Å². The first-order valence-corrected chi connectivity index (χ1v) is 9.93. The number of nitrogens with zero attached hydrogens (tertiary/aromatic N) is 2. The quantitative estimate of drug-likeness (QED) is 0.283. The fraction of sp³-hybridized carbons (Fsp3) is 0.611. The summed E-state index contributed by atoms with van der Waals surface area (Å²) in [5.41, 5.74) is 1.40. The molecule has 1 heterocycles. The Labute approximate surface area is 168 Å². The number of likely N-dealkylation sites (tertiary alicyclic amines) is 1. The SMILES string of the molecule is CN=C(NCCCSC)NC1CCCN(Cc2ccccc2)C1.I. The second-order valence-corrected chi connectivity index (χ2v) is 7.04. The van der Waals surface area contributed by atoms with Crippen LogP contribution in [0.4, 0.5) is 0 Å². The van der Waals surface area contributed by atoms with E-state index in [0.717, 1.165) is 25.6 Å². The van der Waals surface area contributed by atoms with Gasteiger partial charge in [-0.05, 0) is 43.4 Å². The molecule has 0 spiro atoms. The van der Waals surface area contributed by atoms with Crippen LogP contribution in [-0.2, 0) is 6.54 Å². The predicted molar refractivity (Wildman–Crippen MR) is 118 cm³/mol. The van der Waals surface area contributed by atoms with Crippen LogP contribution in [0.5, 0.6) is 0 Å². The standard InChI is InChI=1S/C18H30N4S.HI/c1-19-18(20-11-7-13-23-2)21-17-10-6-12-22(15-17)14-16-8-4-3-5-9-16;/h3-5,8-9,17H,6-7,10-15H2,1-2H3,(H2,19,20,21);1H. The van der Waals surface area contributed by atoms with Crippen LogP contribution < -0.4 is 10.6 Å². The fourth-order valence-electron chi connectivity index (χ4n) is 2.97. The molecule has 2 rings (SSSR count). The molecule has 0 saturated carbocycles. The third-order valence-electron chi connectivity index (χ3n) is 4.14. The van der Waals surface area contributed by atoms with Crippen molar-refractivity contribution in [3.8, 4) is 0 Å². The minimum Gasteiger partial charge on any atom is -0.356 e.